The van der Waals surface area contributed by atoms with Gasteiger partial charge >= 0.3 is 11.4 Å². The molecular formula is C6H10N4O2. The maximum atomic E-state index is 11.0. The van der Waals surface area contributed by atoms with Gasteiger partial charge in [0.25, 0.3) is 0 Å². The summed E-state index contributed by atoms with van der Waals surface area (Å²) in [5.41, 5.74) is -0.709. The minimum Gasteiger partial charge on any atom is -0.316 e. The Morgan fingerprint density at radius 1 is 1.25 bits per heavy atom. The SMILES string of the molecule is O=c1[nH][nH]c(=O)n1CC1CNC1. The predicted molar refractivity (Wildman–Crippen MR) is 42.0 cm³/mol. The summed E-state index contributed by atoms with van der Waals surface area (Å²) in [7, 11) is 0. The van der Waals surface area contributed by atoms with Gasteiger partial charge in [-0.1, -0.05) is 0 Å². The molecule has 1 saturated heterocycles. The molecule has 1 aliphatic rings. The van der Waals surface area contributed by atoms with Gasteiger partial charge in [-0.15, -0.1) is 0 Å². The Kier molecular flexibility index (Phi) is 1.61. The first-order valence-corrected chi connectivity index (χ1v) is 3.85. The van der Waals surface area contributed by atoms with Crippen LogP contribution in [-0.4, -0.2) is 27.9 Å². The van der Waals surface area contributed by atoms with Crippen LogP contribution in [0.5, 0.6) is 0 Å². The number of nitrogens with zero attached hydrogens (tertiary/aromatic N) is 1. The number of nitrogens with one attached hydrogen (secondary N) is 3. The quantitative estimate of drug-likeness (QED) is 0.484. The molecule has 6 heteroatoms. The minimum atomic E-state index is -0.355. The molecule has 2 heterocycles. The molecule has 12 heavy (non-hydrogen) atoms. The first-order chi connectivity index (χ1) is 5.77. The van der Waals surface area contributed by atoms with E-state index in [1.165, 1.54) is 4.57 Å². The number of rotatable bonds is 2. The Labute approximate surface area is 67.6 Å². The standard InChI is InChI=1S/C6H10N4O2/c11-5-8-9-6(12)10(5)3-4-1-7-2-4/h4,7H,1-3H2,(H,8,11)(H,9,12). The number of hydrogen-bond acceptors (Lipinski definition) is 3. The van der Waals surface area contributed by atoms with Crippen molar-refractivity contribution < 1.29 is 0 Å². The lowest BCUT2D eigenvalue weighted by molar-refractivity contribution is 0.301. The third-order valence-electron chi connectivity index (χ3n) is 2.07. The van der Waals surface area contributed by atoms with E-state index >= 15 is 0 Å². The van der Waals surface area contributed by atoms with Crippen LogP contribution in [-0.2, 0) is 6.54 Å². The Balaban J connectivity index is 2.21. The maximum absolute atomic E-state index is 11.0. The zero-order chi connectivity index (χ0) is 8.55. The lowest BCUT2D eigenvalue weighted by Gasteiger charge is -2.26. The first kappa shape index (κ1) is 7.35. The molecule has 1 aliphatic heterocycles. The highest BCUT2D eigenvalue weighted by Gasteiger charge is 2.18. The summed E-state index contributed by atoms with van der Waals surface area (Å²) < 4.78 is 1.19. The molecule has 0 radical (unpaired) electrons. The smallest absolute Gasteiger partial charge is 0.316 e. The van der Waals surface area contributed by atoms with Crippen LogP contribution in [0.15, 0.2) is 9.59 Å². The predicted octanol–water partition coefficient (Wildman–Crippen LogP) is -1.92. The van der Waals surface area contributed by atoms with Gasteiger partial charge in [-0.05, 0) is 0 Å². The second-order valence-electron chi connectivity index (χ2n) is 3.00. The van der Waals surface area contributed by atoms with Crippen LogP contribution >= 0.6 is 0 Å². The van der Waals surface area contributed by atoms with E-state index in [4.69, 9.17) is 0 Å². The van der Waals surface area contributed by atoms with Crippen molar-refractivity contribution in [2.45, 2.75) is 6.54 Å². The number of aromatic amines is 2. The minimum absolute atomic E-state index is 0.355. The lowest BCUT2D eigenvalue weighted by Crippen LogP contribution is -2.46. The van der Waals surface area contributed by atoms with Crippen molar-refractivity contribution >= 4 is 0 Å². The molecular weight excluding hydrogens is 160 g/mol. The van der Waals surface area contributed by atoms with Gasteiger partial charge in [-0.3, -0.25) is 0 Å². The Morgan fingerprint density at radius 2 is 1.83 bits per heavy atom. The molecule has 0 amide bonds. The third kappa shape index (κ3) is 1.10. The van der Waals surface area contributed by atoms with E-state index in [-0.39, 0.29) is 11.4 Å². The zero-order valence-electron chi connectivity index (χ0n) is 6.46. The van der Waals surface area contributed by atoms with Crippen LogP contribution in [0.2, 0.25) is 0 Å². The summed E-state index contributed by atoms with van der Waals surface area (Å²) in [5.74, 6) is 0.416. The van der Waals surface area contributed by atoms with Crippen molar-refractivity contribution in [3.05, 3.63) is 21.0 Å². The highest BCUT2D eigenvalue weighted by atomic mass is 16.2. The normalized spacial score (nSPS) is 17.7. The van der Waals surface area contributed by atoms with Crippen molar-refractivity contribution in [3.8, 4) is 0 Å². The fourth-order valence-corrected chi connectivity index (χ4v) is 1.24. The van der Waals surface area contributed by atoms with Crippen LogP contribution in [0.3, 0.4) is 0 Å². The largest absolute Gasteiger partial charge is 0.344 e. The molecule has 0 aliphatic carbocycles. The average Bonchev–Trinajstić information content (AvgIpc) is 2.25. The van der Waals surface area contributed by atoms with E-state index in [0.29, 0.717) is 12.5 Å². The van der Waals surface area contributed by atoms with Crippen molar-refractivity contribution in [1.29, 1.82) is 0 Å². The van der Waals surface area contributed by atoms with Crippen molar-refractivity contribution in [2.75, 3.05) is 13.1 Å². The summed E-state index contributed by atoms with van der Waals surface area (Å²) in [4.78, 5) is 21.9. The molecule has 1 aromatic rings. The van der Waals surface area contributed by atoms with Crippen LogP contribution < -0.4 is 16.7 Å². The fourth-order valence-electron chi connectivity index (χ4n) is 1.24. The van der Waals surface area contributed by atoms with Gasteiger partial charge in [0, 0.05) is 25.6 Å². The maximum Gasteiger partial charge on any atom is 0.344 e. The van der Waals surface area contributed by atoms with Gasteiger partial charge in [0.05, 0.1) is 0 Å². The van der Waals surface area contributed by atoms with Gasteiger partial charge in [-0.25, -0.2) is 24.4 Å². The third-order valence-corrected chi connectivity index (χ3v) is 2.07. The molecule has 0 atom stereocenters. The highest BCUT2D eigenvalue weighted by Crippen LogP contribution is 2.02. The molecule has 0 bridgehead atoms. The van der Waals surface area contributed by atoms with Crippen molar-refractivity contribution in [1.82, 2.24) is 20.1 Å². The van der Waals surface area contributed by atoms with Gasteiger partial charge in [0.1, 0.15) is 0 Å². The Hall–Kier alpha value is -1.30. The van der Waals surface area contributed by atoms with E-state index in [2.05, 4.69) is 15.5 Å². The number of aromatic nitrogens is 3. The molecule has 0 spiro atoms. The van der Waals surface area contributed by atoms with Gasteiger partial charge < -0.3 is 5.32 Å². The summed E-state index contributed by atoms with van der Waals surface area (Å²) in [6.07, 6.45) is 0. The Bertz CT molecular complexity index is 342. The Morgan fingerprint density at radius 3 is 2.25 bits per heavy atom. The highest BCUT2D eigenvalue weighted by molar-refractivity contribution is 4.77. The molecule has 6 nitrogen and oxygen atoms in total. The number of hydrogen-bond donors (Lipinski definition) is 3. The first-order valence-electron chi connectivity index (χ1n) is 3.85. The lowest BCUT2D eigenvalue weighted by atomic mass is 10.0. The van der Waals surface area contributed by atoms with Crippen LogP contribution in [0.25, 0.3) is 0 Å². The molecule has 1 aromatic heterocycles. The second-order valence-corrected chi connectivity index (χ2v) is 3.00. The fraction of sp³-hybridized carbons (Fsp3) is 0.667. The summed E-state index contributed by atoms with van der Waals surface area (Å²) in [5, 5.41) is 7.55. The van der Waals surface area contributed by atoms with Gasteiger partial charge in [0.2, 0.25) is 0 Å². The van der Waals surface area contributed by atoms with Gasteiger partial charge in [0.15, 0.2) is 0 Å². The molecule has 3 N–H and O–H groups in total. The van der Waals surface area contributed by atoms with E-state index in [0.717, 1.165) is 13.1 Å². The monoisotopic (exact) mass is 170 g/mol. The van der Waals surface area contributed by atoms with Crippen LogP contribution in [0.4, 0.5) is 0 Å². The van der Waals surface area contributed by atoms with E-state index in [1.807, 2.05) is 0 Å². The van der Waals surface area contributed by atoms with Gasteiger partial charge in [-0.2, -0.15) is 0 Å². The summed E-state index contributed by atoms with van der Waals surface area (Å²) in [6, 6.07) is 0. The molecule has 1 fully saturated rings. The molecule has 0 aromatic carbocycles. The summed E-state index contributed by atoms with van der Waals surface area (Å²) >= 11 is 0. The number of H-pyrrole nitrogens is 2. The van der Waals surface area contributed by atoms with E-state index in [1.54, 1.807) is 0 Å². The second kappa shape index (κ2) is 2.63. The van der Waals surface area contributed by atoms with E-state index < -0.39 is 0 Å². The van der Waals surface area contributed by atoms with Crippen molar-refractivity contribution in [3.63, 3.8) is 0 Å². The average molecular weight is 170 g/mol. The van der Waals surface area contributed by atoms with Crippen LogP contribution in [0, 0.1) is 5.92 Å². The molecule has 0 unspecified atom stereocenters. The zero-order valence-corrected chi connectivity index (χ0v) is 6.46. The molecule has 66 valence electrons. The molecule has 2 rings (SSSR count). The topological polar surface area (TPSA) is 82.7 Å². The molecule has 0 saturated carbocycles. The van der Waals surface area contributed by atoms with Crippen molar-refractivity contribution in [2.24, 2.45) is 5.92 Å². The summed E-state index contributed by atoms with van der Waals surface area (Å²) in [6.45, 7) is 2.28. The van der Waals surface area contributed by atoms with E-state index in [9.17, 15) is 9.59 Å². The van der Waals surface area contributed by atoms with Crippen LogP contribution in [0.1, 0.15) is 0 Å².